The van der Waals surface area contributed by atoms with Gasteiger partial charge in [-0.15, -0.1) is 0 Å². The molecule has 1 atom stereocenters. The van der Waals surface area contributed by atoms with E-state index in [0.717, 1.165) is 37.9 Å². The Labute approximate surface area is 115 Å². The molecule has 1 amide bonds. The number of fused-ring (bicyclic) bond motifs is 1. The van der Waals surface area contributed by atoms with Gasteiger partial charge in [-0.25, -0.2) is 0 Å². The number of carbonyl (C=O) groups excluding carboxylic acids is 1. The molecule has 104 valence electrons. The number of nitrogens with zero attached hydrogens (tertiary/aromatic N) is 1. The minimum atomic E-state index is -0.690. The highest BCUT2D eigenvalue weighted by Gasteiger charge is 2.41. The molecule has 1 aromatic carbocycles. The molecule has 1 aliphatic rings. The molecule has 3 N–H and O–H groups in total. The smallest absolute Gasteiger partial charge is 0.242 e. The Balaban J connectivity index is 2.28. The van der Waals surface area contributed by atoms with E-state index >= 15 is 0 Å². The highest BCUT2D eigenvalue weighted by atomic mass is 16.1. The topological polar surface area (TPSA) is 58.4 Å². The molecule has 0 radical (unpaired) electrons. The zero-order valence-corrected chi connectivity index (χ0v) is 11.8. The standard InChI is InChI=1S/C15H23N3O/c1-18(2)11-10-17-15(14(16)19)9-5-7-12-6-3-4-8-13(12)15/h3-4,6,8,17H,5,7,9-11H2,1-2H3,(H2,16,19). The highest BCUT2D eigenvalue weighted by Crippen LogP contribution is 2.35. The van der Waals surface area contributed by atoms with Gasteiger partial charge in [-0.3, -0.25) is 10.1 Å². The van der Waals surface area contributed by atoms with E-state index in [-0.39, 0.29) is 5.91 Å². The van der Waals surface area contributed by atoms with Gasteiger partial charge in [-0.05, 0) is 44.5 Å². The van der Waals surface area contributed by atoms with E-state index in [1.54, 1.807) is 0 Å². The molecule has 4 heteroatoms. The van der Waals surface area contributed by atoms with Gasteiger partial charge in [0.1, 0.15) is 5.54 Å². The molecule has 0 fully saturated rings. The number of nitrogens with two attached hydrogens (primary N) is 1. The Morgan fingerprint density at radius 1 is 1.42 bits per heavy atom. The molecule has 0 bridgehead atoms. The molecule has 0 spiro atoms. The fraction of sp³-hybridized carbons (Fsp3) is 0.533. The summed E-state index contributed by atoms with van der Waals surface area (Å²) in [4.78, 5) is 14.2. The van der Waals surface area contributed by atoms with Gasteiger partial charge in [-0.1, -0.05) is 24.3 Å². The molecule has 4 nitrogen and oxygen atoms in total. The number of benzene rings is 1. The molecule has 1 aliphatic carbocycles. The summed E-state index contributed by atoms with van der Waals surface area (Å²) in [5.41, 5.74) is 7.33. The van der Waals surface area contributed by atoms with Gasteiger partial charge in [0.25, 0.3) is 0 Å². The van der Waals surface area contributed by atoms with Crippen molar-refractivity contribution in [3.05, 3.63) is 35.4 Å². The first-order valence-electron chi connectivity index (χ1n) is 6.84. The molecule has 0 aliphatic heterocycles. The second kappa shape index (κ2) is 5.72. The van der Waals surface area contributed by atoms with E-state index < -0.39 is 5.54 Å². The van der Waals surface area contributed by atoms with Crippen LogP contribution in [0.1, 0.15) is 24.0 Å². The SMILES string of the molecule is CN(C)CCNC1(C(N)=O)CCCc2ccccc21. The summed E-state index contributed by atoms with van der Waals surface area (Å²) < 4.78 is 0. The van der Waals surface area contributed by atoms with E-state index in [1.807, 2.05) is 32.3 Å². The van der Waals surface area contributed by atoms with Crippen LogP contribution in [0.15, 0.2) is 24.3 Å². The lowest BCUT2D eigenvalue weighted by Crippen LogP contribution is -2.55. The zero-order valence-electron chi connectivity index (χ0n) is 11.8. The van der Waals surface area contributed by atoms with E-state index in [1.165, 1.54) is 5.56 Å². The quantitative estimate of drug-likeness (QED) is 0.826. The van der Waals surface area contributed by atoms with Crippen LogP contribution in [0.3, 0.4) is 0 Å². The minimum absolute atomic E-state index is 0.265. The predicted molar refractivity (Wildman–Crippen MR) is 76.8 cm³/mol. The van der Waals surface area contributed by atoms with Crippen LogP contribution in [0, 0.1) is 0 Å². The number of carbonyl (C=O) groups is 1. The number of likely N-dealkylation sites (N-methyl/N-ethyl adjacent to an activating group) is 1. The maximum atomic E-state index is 12.1. The number of aryl methyl sites for hydroxylation is 1. The molecular formula is C15H23N3O. The largest absolute Gasteiger partial charge is 0.368 e. The second-order valence-corrected chi connectivity index (χ2v) is 5.51. The fourth-order valence-corrected chi connectivity index (χ4v) is 2.85. The Morgan fingerprint density at radius 3 is 2.84 bits per heavy atom. The lowest BCUT2D eigenvalue weighted by Gasteiger charge is -2.37. The van der Waals surface area contributed by atoms with Crippen LogP contribution in [0.4, 0.5) is 0 Å². The van der Waals surface area contributed by atoms with Crippen molar-refractivity contribution in [2.24, 2.45) is 5.73 Å². The number of hydrogen-bond donors (Lipinski definition) is 2. The average molecular weight is 261 g/mol. The van der Waals surface area contributed by atoms with Crippen LogP contribution in [0.5, 0.6) is 0 Å². The Hall–Kier alpha value is -1.39. The second-order valence-electron chi connectivity index (χ2n) is 5.51. The van der Waals surface area contributed by atoms with Crippen molar-refractivity contribution in [3.63, 3.8) is 0 Å². The van der Waals surface area contributed by atoms with Gasteiger partial charge in [0.2, 0.25) is 5.91 Å². The first-order chi connectivity index (χ1) is 9.06. The summed E-state index contributed by atoms with van der Waals surface area (Å²) in [6.07, 6.45) is 2.81. The predicted octanol–water partition coefficient (Wildman–Crippen LogP) is 0.855. The maximum Gasteiger partial charge on any atom is 0.242 e. The summed E-state index contributed by atoms with van der Waals surface area (Å²) in [6, 6.07) is 8.13. The number of amides is 1. The Bertz CT molecular complexity index is 458. The lowest BCUT2D eigenvalue weighted by molar-refractivity contribution is -0.125. The van der Waals surface area contributed by atoms with E-state index in [0.29, 0.717) is 0 Å². The molecule has 0 aromatic heterocycles. The number of hydrogen-bond acceptors (Lipinski definition) is 3. The van der Waals surface area contributed by atoms with Crippen molar-refractivity contribution in [1.82, 2.24) is 10.2 Å². The summed E-state index contributed by atoms with van der Waals surface area (Å²) in [5, 5.41) is 3.41. The summed E-state index contributed by atoms with van der Waals surface area (Å²) >= 11 is 0. The van der Waals surface area contributed by atoms with Crippen LogP contribution < -0.4 is 11.1 Å². The van der Waals surface area contributed by atoms with Crippen LogP contribution in [-0.2, 0) is 16.8 Å². The van der Waals surface area contributed by atoms with E-state index in [2.05, 4.69) is 16.3 Å². The summed E-state index contributed by atoms with van der Waals surface area (Å²) in [6.45, 7) is 1.64. The van der Waals surface area contributed by atoms with Gasteiger partial charge < -0.3 is 10.6 Å². The molecule has 19 heavy (non-hydrogen) atoms. The summed E-state index contributed by atoms with van der Waals surface area (Å²) in [5.74, 6) is -0.265. The van der Waals surface area contributed by atoms with Crippen molar-refractivity contribution in [2.45, 2.75) is 24.8 Å². The lowest BCUT2D eigenvalue weighted by atomic mass is 9.76. The fourth-order valence-electron chi connectivity index (χ4n) is 2.85. The molecule has 1 aromatic rings. The third kappa shape index (κ3) is 2.80. The van der Waals surface area contributed by atoms with Gasteiger partial charge in [0, 0.05) is 13.1 Å². The van der Waals surface area contributed by atoms with Crippen molar-refractivity contribution in [2.75, 3.05) is 27.2 Å². The average Bonchev–Trinajstić information content (AvgIpc) is 2.38. The number of nitrogens with one attached hydrogen (secondary N) is 1. The van der Waals surface area contributed by atoms with Crippen LogP contribution in [0.25, 0.3) is 0 Å². The normalized spacial score (nSPS) is 22.3. The number of primary amides is 1. The van der Waals surface area contributed by atoms with Gasteiger partial charge >= 0.3 is 0 Å². The molecular weight excluding hydrogens is 238 g/mol. The molecule has 0 saturated carbocycles. The highest BCUT2D eigenvalue weighted by molar-refractivity contribution is 5.87. The van der Waals surface area contributed by atoms with Crippen LogP contribution in [0.2, 0.25) is 0 Å². The first-order valence-corrected chi connectivity index (χ1v) is 6.84. The first kappa shape index (κ1) is 14.0. The van der Waals surface area contributed by atoms with Gasteiger partial charge in [0.05, 0.1) is 0 Å². The van der Waals surface area contributed by atoms with Crippen molar-refractivity contribution in [1.29, 1.82) is 0 Å². The van der Waals surface area contributed by atoms with E-state index in [4.69, 9.17) is 5.73 Å². The van der Waals surface area contributed by atoms with Gasteiger partial charge in [-0.2, -0.15) is 0 Å². The van der Waals surface area contributed by atoms with Crippen molar-refractivity contribution >= 4 is 5.91 Å². The monoisotopic (exact) mass is 261 g/mol. The Kier molecular flexibility index (Phi) is 4.22. The Morgan fingerprint density at radius 2 is 2.16 bits per heavy atom. The minimum Gasteiger partial charge on any atom is -0.368 e. The van der Waals surface area contributed by atoms with Crippen molar-refractivity contribution < 1.29 is 4.79 Å². The summed E-state index contributed by atoms with van der Waals surface area (Å²) in [7, 11) is 4.04. The van der Waals surface area contributed by atoms with Crippen LogP contribution >= 0.6 is 0 Å². The van der Waals surface area contributed by atoms with Crippen molar-refractivity contribution in [3.8, 4) is 0 Å². The molecule has 2 rings (SSSR count). The molecule has 0 heterocycles. The third-order valence-electron chi connectivity index (χ3n) is 3.88. The molecule has 1 unspecified atom stereocenters. The van der Waals surface area contributed by atoms with E-state index in [9.17, 15) is 4.79 Å². The number of rotatable bonds is 5. The maximum absolute atomic E-state index is 12.1. The third-order valence-corrected chi connectivity index (χ3v) is 3.88. The van der Waals surface area contributed by atoms with Crippen LogP contribution in [-0.4, -0.2) is 38.0 Å². The van der Waals surface area contributed by atoms with Gasteiger partial charge in [0.15, 0.2) is 0 Å². The zero-order chi connectivity index (χ0) is 13.9. The molecule has 0 saturated heterocycles.